The van der Waals surface area contributed by atoms with Crippen LogP contribution in [-0.2, 0) is 6.42 Å². The van der Waals surface area contributed by atoms with Crippen LogP contribution >= 0.6 is 0 Å². The Morgan fingerprint density at radius 2 is 2.24 bits per heavy atom. The molecular formula is C12H22N4O. The predicted octanol–water partition coefficient (Wildman–Crippen LogP) is 1.58. The molecule has 0 aliphatic carbocycles. The Labute approximate surface area is 102 Å². The van der Waals surface area contributed by atoms with Gasteiger partial charge in [0.05, 0.1) is 0 Å². The predicted molar refractivity (Wildman–Crippen MR) is 69.8 cm³/mol. The lowest BCUT2D eigenvalue weighted by atomic mass is 10.2. The molecule has 0 fully saturated rings. The van der Waals surface area contributed by atoms with E-state index in [1.165, 1.54) is 0 Å². The third-order valence-electron chi connectivity index (χ3n) is 2.46. The Morgan fingerprint density at radius 3 is 2.88 bits per heavy atom. The number of hydrogen-bond donors (Lipinski definition) is 3. The second kappa shape index (κ2) is 7.06. The molecule has 0 saturated carbocycles. The molecule has 1 heterocycles. The monoisotopic (exact) mass is 238 g/mol. The lowest BCUT2D eigenvalue weighted by Crippen LogP contribution is -2.17. The molecule has 0 saturated heterocycles. The van der Waals surface area contributed by atoms with Crippen LogP contribution in [0.15, 0.2) is 6.07 Å². The van der Waals surface area contributed by atoms with Crippen molar-refractivity contribution in [3.63, 3.8) is 0 Å². The summed E-state index contributed by atoms with van der Waals surface area (Å²) in [7, 11) is 0. The molecule has 0 aliphatic rings. The standard InChI is InChI=1S/C12H22N4O/c1-3-5-11-15-10(13)8-12(16-11)14-9(2)6-4-7-17/h8-9,17H,3-7H2,1-2H3,(H3,13,14,15,16). The van der Waals surface area contributed by atoms with Crippen molar-refractivity contribution >= 4 is 11.6 Å². The zero-order valence-electron chi connectivity index (χ0n) is 10.6. The lowest BCUT2D eigenvalue weighted by Gasteiger charge is -2.14. The van der Waals surface area contributed by atoms with Gasteiger partial charge in [-0.1, -0.05) is 6.92 Å². The molecule has 96 valence electrons. The molecular weight excluding hydrogens is 216 g/mol. The molecule has 1 unspecified atom stereocenters. The number of nitrogens with one attached hydrogen (secondary N) is 1. The van der Waals surface area contributed by atoms with E-state index in [4.69, 9.17) is 10.8 Å². The van der Waals surface area contributed by atoms with Crippen molar-refractivity contribution in [3.8, 4) is 0 Å². The van der Waals surface area contributed by atoms with Gasteiger partial charge < -0.3 is 16.2 Å². The minimum atomic E-state index is 0.221. The van der Waals surface area contributed by atoms with Crippen molar-refractivity contribution in [2.45, 2.75) is 45.6 Å². The first kappa shape index (κ1) is 13.7. The number of aliphatic hydroxyl groups is 1. The zero-order valence-corrected chi connectivity index (χ0v) is 10.6. The van der Waals surface area contributed by atoms with Crippen LogP contribution in [0.3, 0.4) is 0 Å². The van der Waals surface area contributed by atoms with E-state index in [-0.39, 0.29) is 12.6 Å². The summed E-state index contributed by atoms with van der Waals surface area (Å²) in [4.78, 5) is 8.59. The summed E-state index contributed by atoms with van der Waals surface area (Å²) in [6.07, 6.45) is 3.54. The van der Waals surface area contributed by atoms with E-state index in [1.54, 1.807) is 6.07 Å². The zero-order chi connectivity index (χ0) is 12.7. The maximum atomic E-state index is 8.77. The SMILES string of the molecule is CCCc1nc(N)cc(NC(C)CCCO)n1. The highest BCUT2D eigenvalue weighted by molar-refractivity contribution is 5.45. The summed E-state index contributed by atoms with van der Waals surface area (Å²) in [5.41, 5.74) is 5.73. The number of aryl methyl sites for hydroxylation is 1. The normalized spacial score (nSPS) is 12.4. The van der Waals surface area contributed by atoms with E-state index >= 15 is 0 Å². The van der Waals surface area contributed by atoms with Gasteiger partial charge in [0.25, 0.3) is 0 Å². The second-order valence-electron chi connectivity index (χ2n) is 4.26. The summed E-state index contributed by atoms with van der Waals surface area (Å²) < 4.78 is 0. The van der Waals surface area contributed by atoms with Crippen LogP contribution in [-0.4, -0.2) is 27.7 Å². The largest absolute Gasteiger partial charge is 0.396 e. The minimum Gasteiger partial charge on any atom is -0.396 e. The Morgan fingerprint density at radius 1 is 1.47 bits per heavy atom. The fraction of sp³-hybridized carbons (Fsp3) is 0.667. The highest BCUT2D eigenvalue weighted by Gasteiger charge is 2.05. The van der Waals surface area contributed by atoms with Crippen molar-refractivity contribution < 1.29 is 5.11 Å². The number of rotatable bonds is 7. The van der Waals surface area contributed by atoms with Gasteiger partial charge in [0.15, 0.2) is 0 Å². The summed E-state index contributed by atoms with van der Waals surface area (Å²) in [6.45, 7) is 4.37. The first-order chi connectivity index (χ1) is 8.15. The Hall–Kier alpha value is -1.36. The topological polar surface area (TPSA) is 84.1 Å². The summed E-state index contributed by atoms with van der Waals surface area (Å²) >= 11 is 0. The molecule has 0 spiro atoms. The third kappa shape index (κ3) is 4.99. The molecule has 1 aromatic heterocycles. The molecule has 1 aromatic rings. The molecule has 1 rings (SSSR count). The Kier molecular flexibility index (Phi) is 5.69. The maximum absolute atomic E-state index is 8.77. The van der Waals surface area contributed by atoms with Gasteiger partial charge >= 0.3 is 0 Å². The smallest absolute Gasteiger partial charge is 0.133 e. The molecule has 0 aliphatic heterocycles. The van der Waals surface area contributed by atoms with Crippen molar-refractivity contribution in [1.82, 2.24) is 9.97 Å². The van der Waals surface area contributed by atoms with Gasteiger partial charge in [0, 0.05) is 25.1 Å². The van der Waals surface area contributed by atoms with E-state index in [1.807, 2.05) is 0 Å². The molecule has 0 radical (unpaired) electrons. The van der Waals surface area contributed by atoms with Gasteiger partial charge in [-0.2, -0.15) is 0 Å². The van der Waals surface area contributed by atoms with Crippen molar-refractivity contribution in [1.29, 1.82) is 0 Å². The van der Waals surface area contributed by atoms with Crippen LogP contribution in [0.25, 0.3) is 0 Å². The highest BCUT2D eigenvalue weighted by Crippen LogP contribution is 2.12. The third-order valence-corrected chi connectivity index (χ3v) is 2.46. The summed E-state index contributed by atoms with van der Waals surface area (Å²) in [5.74, 6) is 2.05. The second-order valence-corrected chi connectivity index (χ2v) is 4.26. The summed E-state index contributed by atoms with van der Waals surface area (Å²) in [5, 5.41) is 12.0. The quantitative estimate of drug-likeness (QED) is 0.671. The number of nitrogens with zero attached hydrogens (tertiary/aromatic N) is 2. The number of hydrogen-bond acceptors (Lipinski definition) is 5. The lowest BCUT2D eigenvalue weighted by molar-refractivity contribution is 0.282. The number of aliphatic hydroxyl groups excluding tert-OH is 1. The highest BCUT2D eigenvalue weighted by atomic mass is 16.2. The van der Waals surface area contributed by atoms with Gasteiger partial charge in [-0.15, -0.1) is 0 Å². The van der Waals surface area contributed by atoms with Gasteiger partial charge in [0.2, 0.25) is 0 Å². The molecule has 0 aromatic carbocycles. The molecule has 0 bridgehead atoms. The maximum Gasteiger partial charge on any atom is 0.133 e. The van der Waals surface area contributed by atoms with Crippen LogP contribution in [0.5, 0.6) is 0 Å². The van der Waals surface area contributed by atoms with Crippen LogP contribution in [0.2, 0.25) is 0 Å². The fourth-order valence-corrected chi connectivity index (χ4v) is 1.65. The minimum absolute atomic E-state index is 0.221. The van der Waals surface area contributed by atoms with E-state index in [2.05, 4.69) is 29.1 Å². The average Bonchev–Trinajstić information content (AvgIpc) is 2.26. The average molecular weight is 238 g/mol. The van der Waals surface area contributed by atoms with Crippen molar-refractivity contribution in [2.75, 3.05) is 17.7 Å². The van der Waals surface area contributed by atoms with Crippen LogP contribution in [0.4, 0.5) is 11.6 Å². The first-order valence-corrected chi connectivity index (χ1v) is 6.16. The van der Waals surface area contributed by atoms with E-state index in [9.17, 15) is 0 Å². The molecule has 0 amide bonds. The van der Waals surface area contributed by atoms with Crippen LogP contribution < -0.4 is 11.1 Å². The molecule has 4 N–H and O–H groups in total. The number of nitrogens with two attached hydrogens (primary N) is 1. The number of nitrogen functional groups attached to an aromatic ring is 1. The van der Waals surface area contributed by atoms with Crippen molar-refractivity contribution in [2.24, 2.45) is 0 Å². The van der Waals surface area contributed by atoms with Crippen LogP contribution in [0, 0.1) is 0 Å². The van der Waals surface area contributed by atoms with Gasteiger partial charge in [-0.3, -0.25) is 0 Å². The van der Waals surface area contributed by atoms with Gasteiger partial charge in [0.1, 0.15) is 17.5 Å². The molecule has 5 nitrogen and oxygen atoms in total. The van der Waals surface area contributed by atoms with Gasteiger partial charge in [-0.25, -0.2) is 9.97 Å². The van der Waals surface area contributed by atoms with Gasteiger partial charge in [-0.05, 0) is 26.2 Å². The first-order valence-electron chi connectivity index (χ1n) is 6.16. The molecule has 17 heavy (non-hydrogen) atoms. The fourth-order valence-electron chi connectivity index (χ4n) is 1.65. The molecule has 5 heteroatoms. The summed E-state index contributed by atoms with van der Waals surface area (Å²) in [6, 6.07) is 2.01. The Balaban J connectivity index is 2.63. The Bertz CT molecular complexity index is 343. The number of aromatic nitrogens is 2. The van der Waals surface area contributed by atoms with Crippen molar-refractivity contribution in [3.05, 3.63) is 11.9 Å². The van der Waals surface area contributed by atoms with E-state index in [0.29, 0.717) is 5.82 Å². The molecule has 1 atom stereocenters. The van der Waals surface area contributed by atoms with E-state index < -0.39 is 0 Å². The van der Waals surface area contributed by atoms with E-state index in [0.717, 1.165) is 37.3 Å². The number of anilines is 2. The van der Waals surface area contributed by atoms with Crippen LogP contribution in [0.1, 0.15) is 38.9 Å².